The van der Waals surface area contributed by atoms with Gasteiger partial charge >= 0.3 is 11.9 Å². The number of carbonyl (C=O) groups is 2. The minimum Gasteiger partial charge on any atom is -0.461 e. The van der Waals surface area contributed by atoms with Gasteiger partial charge in [0.25, 0.3) is 0 Å². The van der Waals surface area contributed by atoms with Crippen molar-refractivity contribution in [2.45, 2.75) is 27.3 Å². The first-order chi connectivity index (χ1) is 16.4. The minimum absolute atomic E-state index is 0.0990. The summed E-state index contributed by atoms with van der Waals surface area (Å²) < 4.78 is 10.6. The largest absolute Gasteiger partial charge is 0.461 e. The topological polar surface area (TPSA) is 52.6 Å². The van der Waals surface area contributed by atoms with Crippen molar-refractivity contribution in [2.75, 3.05) is 0 Å². The minimum atomic E-state index is -2.13. The molecule has 2 aromatic carbocycles. The number of hydrogen-bond donors (Lipinski definition) is 0. The summed E-state index contributed by atoms with van der Waals surface area (Å²) in [4.78, 5) is 22.7. The SMILES string of the molecule is O=C(OCc1ccc(Br)cc1)C1C(C(=O)OCc2ccc(Br)cc2)C2(Cl)C(Cl)=C(Cl)C1(Cl)C2(Cl)Cl. The average molecular weight is 727 g/mol. The zero-order valence-corrected chi connectivity index (χ0v) is 25.1. The summed E-state index contributed by atoms with van der Waals surface area (Å²) >= 11 is 46.3. The monoisotopic (exact) mass is 722 g/mol. The number of esters is 2. The van der Waals surface area contributed by atoms with Gasteiger partial charge in [0, 0.05) is 8.95 Å². The molecular formula is C23H14Br2Cl6O4. The predicted octanol–water partition coefficient (Wildman–Crippen LogP) is 8.08. The van der Waals surface area contributed by atoms with Crippen LogP contribution in [0.15, 0.2) is 67.5 Å². The fourth-order valence-electron chi connectivity index (χ4n) is 4.23. The van der Waals surface area contributed by atoms with Gasteiger partial charge < -0.3 is 9.47 Å². The van der Waals surface area contributed by atoms with Crippen molar-refractivity contribution < 1.29 is 19.1 Å². The summed E-state index contributed by atoms with van der Waals surface area (Å²) in [6.45, 7) is -0.198. The summed E-state index contributed by atoms with van der Waals surface area (Å²) in [7, 11) is 0. The van der Waals surface area contributed by atoms with Crippen molar-refractivity contribution in [1.29, 1.82) is 0 Å². The summed E-state index contributed by atoms with van der Waals surface area (Å²) in [6, 6.07) is 14.2. The molecule has 0 saturated heterocycles. The van der Waals surface area contributed by atoms with Crippen LogP contribution in [-0.2, 0) is 32.3 Å². The molecule has 2 bridgehead atoms. The molecule has 4 nitrogen and oxygen atoms in total. The number of allylic oxidation sites excluding steroid dienone is 2. The number of alkyl halides is 4. The van der Waals surface area contributed by atoms with Gasteiger partial charge in [-0.15, -0.1) is 23.2 Å². The quantitative estimate of drug-likeness (QED) is 0.223. The maximum absolute atomic E-state index is 13.4. The van der Waals surface area contributed by atoms with Gasteiger partial charge in [-0.1, -0.05) is 103 Å². The van der Waals surface area contributed by atoms with E-state index in [0.717, 1.165) is 8.95 Å². The van der Waals surface area contributed by atoms with Crippen LogP contribution in [0.2, 0.25) is 0 Å². The second-order valence-corrected chi connectivity index (χ2v) is 13.2. The van der Waals surface area contributed by atoms with E-state index < -0.39 is 37.9 Å². The smallest absolute Gasteiger partial charge is 0.312 e. The van der Waals surface area contributed by atoms with Crippen LogP contribution in [0.4, 0.5) is 0 Å². The molecule has 1 fully saturated rings. The fraction of sp³-hybridized carbons (Fsp3) is 0.304. The van der Waals surface area contributed by atoms with Crippen molar-refractivity contribution in [1.82, 2.24) is 0 Å². The lowest BCUT2D eigenvalue weighted by molar-refractivity contribution is -0.162. The van der Waals surface area contributed by atoms with E-state index >= 15 is 0 Å². The highest BCUT2D eigenvalue weighted by molar-refractivity contribution is 9.10. The second-order valence-electron chi connectivity index (χ2n) is 8.05. The van der Waals surface area contributed by atoms with Gasteiger partial charge in [0.2, 0.25) is 0 Å². The lowest BCUT2D eigenvalue weighted by Gasteiger charge is -2.33. The molecule has 12 heteroatoms. The van der Waals surface area contributed by atoms with Crippen LogP contribution in [0.3, 0.4) is 0 Å². The van der Waals surface area contributed by atoms with Gasteiger partial charge in [0.05, 0.1) is 21.9 Å². The van der Waals surface area contributed by atoms with Crippen molar-refractivity contribution in [3.05, 3.63) is 78.7 Å². The Morgan fingerprint density at radius 2 is 1.00 bits per heavy atom. The molecule has 2 aliphatic rings. The first kappa shape index (κ1) is 27.8. The van der Waals surface area contributed by atoms with Crippen molar-refractivity contribution in [3.8, 4) is 0 Å². The van der Waals surface area contributed by atoms with Crippen LogP contribution < -0.4 is 0 Å². The Labute approximate surface area is 248 Å². The van der Waals surface area contributed by atoms with Crippen LogP contribution in [0.25, 0.3) is 0 Å². The molecule has 0 aliphatic heterocycles. The van der Waals surface area contributed by atoms with E-state index in [-0.39, 0.29) is 23.3 Å². The highest BCUT2D eigenvalue weighted by Gasteiger charge is 2.86. The normalized spacial score (nSPS) is 28.8. The van der Waals surface area contributed by atoms with Gasteiger partial charge in [-0.3, -0.25) is 9.59 Å². The average Bonchev–Trinajstić information content (AvgIpc) is 3.03. The molecule has 4 rings (SSSR count). The van der Waals surface area contributed by atoms with Crippen LogP contribution in [0.1, 0.15) is 11.1 Å². The van der Waals surface area contributed by atoms with Crippen molar-refractivity contribution in [3.63, 3.8) is 0 Å². The molecule has 0 amide bonds. The van der Waals surface area contributed by atoms with Crippen LogP contribution in [-0.4, -0.2) is 26.0 Å². The molecular weight excluding hydrogens is 713 g/mol. The fourth-order valence-corrected chi connectivity index (χ4v) is 7.68. The van der Waals surface area contributed by atoms with Crippen LogP contribution in [0.5, 0.6) is 0 Å². The third-order valence-corrected chi connectivity index (χ3v) is 11.3. The summed E-state index contributed by atoms with van der Waals surface area (Å²) in [5.41, 5.74) is 1.40. The van der Waals surface area contributed by atoms with E-state index in [1.54, 1.807) is 48.5 Å². The van der Waals surface area contributed by atoms with E-state index in [9.17, 15) is 9.59 Å². The summed E-state index contributed by atoms with van der Waals surface area (Å²) in [5.74, 6) is -4.69. The van der Waals surface area contributed by atoms with Crippen LogP contribution in [0, 0.1) is 11.8 Å². The predicted molar refractivity (Wildman–Crippen MR) is 145 cm³/mol. The van der Waals surface area contributed by atoms with Gasteiger partial charge in [-0.05, 0) is 35.4 Å². The third-order valence-electron chi connectivity index (χ3n) is 6.03. The highest BCUT2D eigenvalue weighted by atomic mass is 79.9. The number of fused-ring (bicyclic) bond motifs is 2. The number of halogens is 8. The van der Waals surface area contributed by atoms with Gasteiger partial charge in [0.15, 0.2) is 4.33 Å². The Kier molecular flexibility index (Phi) is 8.10. The van der Waals surface area contributed by atoms with Gasteiger partial charge in [0.1, 0.15) is 23.0 Å². The molecule has 2 aliphatic carbocycles. The molecule has 0 heterocycles. The molecule has 0 N–H and O–H groups in total. The molecule has 4 atom stereocenters. The Balaban J connectivity index is 1.65. The Morgan fingerprint density at radius 3 is 1.31 bits per heavy atom. The maximum Gasteiger partial charge on any atom is 0.312 e. The van der Waals surface area contributed by atoms with Gasteiger partial charge in [-0.25, -0.2) is 0 Å². The molecule has 35 heavy (non-hydrogen) atoms. The van der Waals surface area contributed by atoms with Crippen molar-refractivity contribution in [2.24, 2.45) is 11.8 Å². The molecule has 4 unspecified atom stereocenters. The Hall–Kier alpha value is -0.180. The van der Waals surface area contributed by atoms with Crippen LogP contribution >= 0.6 is 101 Å². The second kappa shape index (κ2) is 10.2. The highest BCUT2D eigenvalue weighted by Crippen LogP contribution is 2.76. The molecule has 1 saturated carbocycles. The number of hydrogen-bond acceptors (Lipinski definition) is 4. The summed E-state index contributed by atoms with van der Waals surface area (Å²) in [6.07, 6.45) is 0. The third kappa shape index (κ3) is 4.44. The summed E-state index contributed by atoms with van der Waals surface area (Å²) in [5, 5.41) is -0.438. The Bertz CT molecular complexity index is 1110. The van der Waals surface area contributed by atoms with Gasteiger partial charge in [-0.2, -0.15) is 0 Å². The molecule has 2 aromatic rings. The first-order valence-electron chi connectivity index (χ1n) is 9.99. The van der Waals surface area contributed by atoms with E-state index in [0.29, 0.717) is 11.1 Å². The van der Waals surface area contributed by atoms with E-state index in [4.69, 9.17) is 79.1 Å². The zero-order valence-electron chi connectivity index (χ0n) is 17.3. The van der Waals surface area contributed by atoms with E-state index in [1.165, 1.54) is 0 Å². The molecule has 0 aromatic heterocycles. The molecule has 186 valence electrons. The van der Waals surface area contributed by atoms with E-state index in [1.807, 2.05) is 0 Å². The number of benzene rings is 2. The lowest BCUT2D eigenvalue weighted by Crippen LogP contribution is -2.46. The molecule has 0 spiro atoms. The lowest BCUT2D eigenvalue weighted by atomic mass is 9.81. The molecule has 0 radical (unpaired) electrons. The van der Waals surface area contributed by atoms with E-state index in [2.05, 4.69) is 31.9 Å². The Morgan fingerprint density at radius 1 is 0.686 bits per heavy atom. The van der Waals surface area contributed by atoms with Crippen molar-refractivity contribution >= 4 is 113 Å². The maximum atomic E-state index is 13.4. The first-order valence-corrected chi connectivity index (χ1v) is 13.8. The number of ether oxygens (including phenoxy) is 2. The standard InChI is InChI=1S/C23H14Br2Cl6O4/c24-13-5-1-11(2-6-13)9-34-19(32)15-16(20(33)35-10-12-3-7-14(25)8-4-12)22(29)18(27)17(26)21(15,28)23(22,30)31/h1-8,15-16H,9-10H2. The number of carbonyl (C=O) groups excluding carboxylic acids is 2. The zero-order chi connectivity index (χ0) is 25.8. The number of rotatable bonds is 6.